The van der Waals surface area contributed by atoms with Gasteiger partial charge in [0.05, 0.1) is 0 Å². The lowest BCUT2D eigenvalue weighted by molar-refractivity contribution is 0.194. The van der Waals surface area contributed by atoms with Gasteiger partial charge in [-0.2, -0.15) is 0 Å². The van der Waals surface area contributed by atoms with Gasteiger partial charge in [0, 0.05) is 69.7 Å². The molecular formula is C24H35N7O. The van der Waals surface area contributed by atoms with Crippen molar-refractivity contribution in [2.75, 3.05) is 49.1 Å². The second kappa shape index (κ2) is 10.1. The van der Waals surface area contributed by atoms with Crippen molar-refractivity contribution in [2.24, 2.45) is 0 Å². The van der Waals surface area contributed by atoms with Crippen LogP contribution in [-0.2, 0) is 6.54 Å². The quantitative estimate of drug-likeness (QED) is 0.773. The first-order valence-corrected chi connectivity index (χ1v) is 11.8. The van der Waals surface area contributed by atoms with Crippen LogP contribution < -0.4 is 15.1 Å². The molecule has 0 saturated carbocycles. The molecule has 2 fully saturated rings. The molecular weight excluding hydrogens is 402 g/mol. The lowest BCUT2D eigenvalue weighted by Gasteiger charge is -2.35. The minimum atomic E-state index is -0.0218. The van der Waals surface area contributed by atoms with E-state index < -0.39 is 0 Å². The number of urea groups is 1. The van der Waals surface area contributed by atoms with Gasteiger partial charge in [-0.15, -0.1) is 0 Å². The molecule has 2 aromatic rings. The van der Waals surface area contributed by atoms with Gasteiger partial charge in [-0.1, -0.05) is 19.9 Å². The van der Waals surface area contributed by atoms with E-state index in [9.17, 15) is 4.79 Å². The van der Waals surface area contributed by atoms with E-state index >= 15 is 0 Å². The van der Waals surface area contributed by atoms with Crippen LogP contribution in [-0.4, -0.2) is 65.2 Å². The second-order valence-electron chi connectivity index (χ2n) is 9.09. The maximum Gasteiger partial charge on any atom is 0.317 e. The number of aryl methyl sites for hydroxylation is 1. The first-order valence-electron chi connectivity index (χ1n) is 11.8. The van der Waals surface area contributed by atoms with E-state index in [1.54, 1.807) is 0 Å². The summed E-state index contributed by atoms with van der Waals surface area (Å²) in [5.74, 6) is 3.17. The van der Waals surface area contributed by atoms with Gasteiger partial charge in [-0.25, -0.2) is 19.7 Å². The molecule has 2 aromatic heterocycles. The highest BCUT2D eigenvalue weighted by Gasteiger charge is 2.22. The summed E-state index contributed by atoms with van der Waals surface area (Å²) in [5.41, 5.74) is 2.01. The average molecular weight is 438 g/mol. The van der Waals surface area contributed by atoms with Crippen molar-refractivity contribution in [3.63, 3.8) is 0 Å². The highest BCUT2D eigenvalue weighted by atomic mass is 16.2. The normalized spacial score (nSPS) is 17.1. The largest absolute Gasteiger partial charge is 0.357 e. The van der Waals surface area contributed by atoms with E-state index in [0.717, 1.165) is 54.9 Å². The van der Waals surface area contributed by atoms with Crippen LogP contribution in [0.15, 0.2) is 24.4 Å². The third-order valence-electron chi connectivity index (χ3n) is 6.20. The number of rotatable bonds is 5. The van der Waals surface area contributed by atoms with E-state index in [1.807, 2.05) is 24.1 Å². The van der Waals surface area contributed by atoms with Crippen molar-refractivity contribution in [3.05, 3.63) is 41.5 Å². The molecule has 2 saturated heterocycles. The first-order chi connectivity index (χ1) is 15.5. The van der Waals surface area contributed by atoms with Crippen molar-refractivity contribution in [3.8, 4) is 0 Å². The number of aromatic nitrogens is 3. The fourth-order valence-electron chi connectivity index (χ4n) is 4.25. The highest BCUT2D eigenvalue weighted by Crippen LogP contribution is 2.19. The van der Waals surface area contributed by atoms with Gasteiger partial charge < -0.3 is 20.0 Å². The van der Waals surface area contributed by atoms with Gasteiger partial charge in [0.15, 0.2) is 0 Å². The number of hydrogen-bond acceptors (Lipinski definition) is 6. The number of piperidine rings is 1. The minimum absolute atomic E-state index is 0.0218. The number of hydrogen-bond donors (Lipinski definition) is 1. The van der Waals surface area contributed by atoms with Gasteiger partial charge in [0.25, 0.3) is 0 Å². The Hall–Kier alpha value is -2.90. The number of carbonyl (C=O) groups is 1. The third-order valence-corrected chi connectivity index (χ3v) is 6.20. The molecule has 172 valence electrons. The summed E-state index contributed by atoms with van der Waals surface area (Å²) < 4.78 is 0. The lowest BCUT2D eigenvalue weighted by atomic mass is 10.1. The van der Waals surface area contributed by atoms with Crippen molar-refractivity contribution < 1.29 is 4.79 Å². The Labute approximate surface area is 191 Å². The highest BCUT2D eigenvalue weighted by molar-refractivity contribution is 5.74. The number of nitrogens with one attached hydrogen (secondary N) is 1. The molecule has 0 spiro atoms. The molecule has 0 atom stereocenters. The zero-order chi connectivity index (χ0) is 22.5. The van der Waals surface area contributed by atoms with E-state index in [2.05, 4.69) is 51.1 Å². The van der Waals surface area contributed by atoms with Gasteiger partial charge in [0.1, 0.15) is 17.5 Å². The molecule has 4 heterocycles. The number of amides is 2. The number of piperazine rings is 1. The Balaban J connectivity index is 1.26. The minimum Gasteiger partial charge on any atom is -0.357 e. The molecule has 4 rings (SSSR count). The predicted molar refractivity (Wildman–Crippen MR) is 127 cm³/mol. The molecule has 2 amide bonds. The first kappa shape index (κ1) is 22.3. The van der Waals surface area contributed by atoms with Crippen LogP contribution in [0.25, 0.3) is 0 Å². The van der Waals surface area contributed by atoms with E-state index in [-0.39, 0.29) is 6.03 Å². The topological polar surface area (TPSA) is 77.5 Å². The van der Waals surface area contributed by atoms with Gasteiger partial charge in [0.2, 0.25) is 0 Å². The van der Waals surface area contributed by atoms with Crippen molar-refractivity contribution >= 4 is 17.7 Å². The molecule has 2 aliphatic rings. The average Bonchev–Trinajstić information content (AvgIpc) is 2.83. The molecule has 1 N–H and O–H groups in total. The summed E-state index contributed by atoms with van der Waals surface area (Å²) in [6, 6.07) is 6.15. The summed E-state index contributed by atoms with van der Waals surface area (Å²) in [6.07, 6.45) is 5.67. The summed E-state index contributed by atoms with van der Waals surface area (Å²) in [7, 11) is 0. The van der Waals surface area contributed by atoms with Gasteiger partial charge in [-0.05, 0) is 37.8 Å². The zero-order valence-electron chi connectivity index (χ0n) is 19.5. The van der Waals surface area contributed by atoms with Gasteiger partial charge in [-0.3, -0.25) is 0 Å². The molecule has 0 aliphatic carbocycles. The molecule has 2 aliphatic heterocycles. The Morgan fingerprint density at radius 1 is 0.969 bits per heavy atom. The van der Waals surface area contributed by atoms with Crippen LogP contribution in [0.2, 0.25) is 0 Å². The lowest BCUT2D eigenvalue weighted by Crippen LogP contribution is -2.52. The monoisotopic (exact) mass is 437 g/mol. The summed E-state index contributed by atoms with van der Waals surface area (Å²) >= 11 is 0. The van der Waals surface area contributed by atoms with Crippen LogP contribution in [0.3, 0.4) is 0 Å². The van der Waals surface area contributed by atoms with Crippen LogP contribution in [0, 0.1) is 6.92 Å². The maximum atomic E-state index is 12.7. The zero-order valence-corrected chi connectivity index (χ0v) is 19.5. The maximum absolute atomic E-state index is 12.7. The number of pyridine rings is 1. The number of anilines is 2. The summed E-state index contributed by atoms with van der Waals surface area (Å²) in [6.45, 7) is 11.8. The third kappa shape index (κ3) is 5.47. The molecule has 8 heteroatoms. The Kier molecular flexibility index (Phi) is 7.07. The van der Waals surface area contributed by atoms with E-state index in [0.29, 0.717) is 25.6 Å². The van der Waals surface area contributed by atoms with Crippen molar-refractivity contribution in [2.45, 2.75) is 52.5 Å². The van der Waals surface area contributed by atoms with E-state index in [4.69, 9.17) is 4.98 Å². The number of nitrogens with zero attached hydrogens (tertiary/aromatic N) is 6. The second-order valence-corrected chi connectivity index (χ2v) is 9.09. The van der Waals surface area contributed by atoms with E-state index in [1.165, 1.54) is 19.3 Å². The summed E-state index contributed by atoms with van der Waals surface area (Å²) in [4.78, 5) is 33.0. The van der Waals surface area contributed by atoms with Crippen LogP contribution in [0.5, 0.6) is 0 Å². The SMILES string of the molecule is Cc1cc(N2CCN(C(=O)NCc3ccc(N4CCCCC4)nc3)CC2)nc(C(C)C)n1. The standard InChI is InChI=1S/C24H35N7O/c1-18(2)23-27-19(3)15-22(28-23)30-11-13-31(14-12-30)24(32)26-17-20-7-8-21(25-16-20)29-9-5-4-6-10-29/h7-8,15-16,18H,4-6,9-14,17H2,1-3H3,(H,26,32). The molecule has 0 bridgehead atoms. The Bertz CT molecular complexity index is 901. The smallest absolute Gasteiger partial charge is 0.317 e. The van der Waals surface area contributed by atoms with Crippen LogP contribution in [0.1, 0.15) is 56.1 Å². The Morgan fingerprint density at radius 2 is 1.69 bits per heavy atom. The number of carbonyl (C=O) groups excluding carboxylic acids is 1. The molecule has 8 nitrogen and oxygen atoms in total. The fourth-order valence-corrected chi connectivity index (χ4v) is 4.25. The molecule has 0 radical (unpaired) electrons. The molecule has 32 heavy (non-hydrogen) atoms. The Morgan fingerprint density at radius 3 is 2.34 bits per heavy atom. The predicted octanol–water partition coefficient (Wildman–Crippen LogP) is 3.33. The van der Waals surface area contributed by atoms with Crippen molar-refractivity contribution in [1.82, 2.24) is 25.2 Å². The summed E-state index contributed by atoms with van der Waals surface area (Å²) in [5, 5.41) is 3.04. The van der Waals surface area contributed by atoms with Crippen LogP contribution >= 0.6 is 0 Å². The van der Waals surface area contributed by atoms with Crippen LogP contribution in [0.4, 0.5) is 16.4 Å². The fraction of sp³-hybridized carbons (Fsp3) is 0.583. The molecule has 0 unspecified atom stereocenters. The molecule has 0 aromatic carbocycles. The van der Waals surface area contributed by atoms with Crippen molar-refractivity contribution in [1.29, 1.82) is 0 Å². The van der Waals surface area contributed by atoms with Gasteiger partial charge >= 0.3 is 6.03 Å².